The van der Waals surface area contributed by atoms with E-state index in [4.69, 9.17) is 5.73 Å². The highest BCUT2D eigenvalue weighted by Gasteiger charge is 2.37. The van der Waals surface area contributed by atoms with Crippen LogP contribution in [0.3, 0.4) is 0 Å². The summed E-state index contributed by atoms with van der Waals surface area (Å²) in [5, 5.41) is 0. The molecule has 25 heavy (non-hydrogen) atoms. The number of anilines is 2. The second kappa shape index (κ2) is 7.25. The van der Waals surface area contributed by atoms with Gasteiger partial charge in [0.15, 0.2) is 0 Å². The molecule has 1 heterocycles. The average molecular weight is 414 g/mol. The molecule has 7 heteroatoms. The van der Waals surface area contributed by atoms with Crippen LogP contribution in [0.1, 0.15) is 11.6 Å². The molecule has 1 unspecified atom stereocenters. The van der Waals surface area contributed by atoms with Gasteiger partial charge in [0, 0.05) is 42.0 Å². The van der Waals surface area contributed by atoms with Gasteiger partial charge in [-0.15, -0.1) is 0 Å². The standard InChI is InChI=1S/C18H19BrF3N3/c19-14-3-7-16(8-4-14)25-11-9-24(10-12-25)15-5-1-13(2-6-15)17(23)18(20,21)22/h1-8,17H,9-12,23H2. The van der Waals surface area contributed by atoms with Crippen molar-refractivity contribution in [3.63, 3.8) is 0 Å². The first-order valence-electron chi connectivity index (χ1n) is 8.02. The lowest BCUT2D eigenvalue weighted by atomic mass is 10.1. The molecule has 3 rings (SSSR count). The highest BCUT2D eigenvalue weighted by Crippen LogP contribution is 2.31. The minimum atomic E-state index is -4.42. The van der Waals surface area contributed by atoms with E-state index in [1.54, 1.807) is 12.1 Å². The maximum atomic E-state index is 12.7. The Hall–Kier alpha value is -1.73. The fourth-order valence-electron chi connectivity index (χ4n) is 2.96. The van der Waals surface area contributed by atoms with Gasteiger partial charge in [-0.3, -0.25) is 0 Å². The summed E-state index contributed by atoms with van der Waals surface area (Å²) >= 11 is 3.43. The van der Waals surface area contributed by atoms with Gasteiger partial charge in [0.25, 0.3) is 0 Å². The fraction of sp³-hybridized carbons (Fsp3) is 0.333. The topological polar surface area (TPSA) is 32.5 Å². The van der Waals surface area contributed by atoms with E-state index < -0.39 is 12.2 Å². The molecule has 0 aliphatic carbocycles. The summed E-state index contributed by atoms with van der Waals surface area (Å²) in [4.78, 5) is 4.48. The minimum absolute atomic E-state index is 0.0877. The summed E-state index contributed by atoms with van der Waals surface area (Å²) in [5.41, 5.74) is 7.43. The van der Waals surface area contributed by atoms with Crippen LogP contribution in [0.15, 0.2) is 53.0 Å². The molecule has 3 nitrogen and oxygen atoms in total. The SMILES string of the molecule is NC(c1ccc(N2CCN(c3ccc(Br)cc3)CC2)cc1)C(F)(F)F. The molecule has 2 aromatic carbocycles. The highest BCUT2D eigenvalue weighted by atomic mass is 79.9. The molecule has 2 N–H and O–H groups in total. The smallest absolute Gasteiger partial charge is 0.368 e. The Morgan fingerprint density at radius 2 is 1.20 bits per heavy atom. The van der Waals surface area contributed by atoms with Crippen LogP contribution in [0.4, 0.5) is 24.5 Å². The zero-order chi connectivity index (χ0) is 18.0. The maximum Gasteiger partial charge on any atom is 0.407 e. The average Bonchev–Trinajstić information content (AvgIpc) is 2.61. The number of piperazine rings is 1. The minimum Gasteiger partial charge on any atom is -0.368 e. The number of alkyl halides is 3. The second-order valence-corrected chi connectivity index (χ2v) is 6.98. The van der Waals surface area contributed by atoms with Crippen LogP contribution in [-0.2, 0) is 0 Å². The lowest BCUT2D eigenvalue weighted by Gasteiger charge is -2.37. The molecule has 1 saturated heterocycles. The zero-order valence-electron chi connectivity index (χ0n) is 13.5. The monoisotopic (exact) mass is 413 g/mol. The molecule has 0 spiro atoms. The number of benzene rings is 2. The van der Waals surface area contributed by atoms with Crippen LogP contribution in [0, 0.1) is 0 Å². The quantitative estimate of drug-likeness (QED) is 0.812. The van der Waals surface area contributed by atoms with Gasteiger partial charge in [-0.1, -0.05) is 28.1 Å². The summed E-state index contributed by atoms with van der Waals surface area (Å²) in [7, 11) is 0. The Morgan fingerprint density at radius 1 is 0.800 bits per heavy atom. The van der Waals surface area contributed by atoms with Crippen LogP contribution in [0.25, 0.3) is 0 Å². The van der Waals surface area contributed by atoms with Gasteiger partial charge >= 0.3 is 6.18 Å². The summed E-state index contributed by atoms with van der Waals surface area (Å²) in [6, 6.07) is 12.6. The van der Waals surface area contributed by atoms with Crippen LogP contribution >= 0.6 is 15.9 Å². The van der Waals surface area contributed by atoms with Crippen molar-refractivity contribution >= 4 is 27.3 Å². The first kappa shape index (κ1) is 18.1. The molecule has 2 aromatic rings. The molecule has 1 aliphatic rings. The van der Waals surface area contributed by atoms with E-state index in [9.17, 15) is 13.2 Å². The summed E-state index contributed by atoms with van der Waals surface area (Å²) in [6.45, 7) is 3.37. The summed E-state index contributed by atoms with van der Waals surface area (Å²) in [6.07, 6.45) is -4.42. The van der Waals surface area contributed by atoms with Crippen molar-refractivity contribution < 1.29 is 13.2 Å². The Labute approximate surface area is 153 Å². The van der Waals surface area contributed by atoms with E-state index in [1.165, 1.54) is 17.8 Å². The van der Waals surface area contributed by atoms with E-state index in [0.29, 0.717) is 0 Å². The first-order valence-corrected chi connectivity index (χ1v) is 8.81. The molecule has 0 amide bonds. The third kappa shape index (κ3) is 4.27. The van der Waals surface area contributed by atoms with Crippen molar-refractivity contribution in [3.8, 4) is 0 Å². The van der Waals surface area contributed by atoms with E-state index in [2.05, 4.69) is 37.9 Å². The van der Waals surface area contributed by atoms with E-state index in [1.807, 2.05) is 12.1 Å². The highest BCUT2D eigenvalue weighted by molar-refractivity contribution is 9.10. The molecule has 0 saturated carbocycles. The number of hydrogen-bond donors (Lipinski definition) is 1. The van der Waals surface area contributed by atoms with Gasteiger partial charge in [0.2, 0.25) is 0 Å². The lowest BCUT2D eigenvalue weighted by molar-refractivity contribution is -0.149. The Bertz CT molecular complexity index is 693. The number of halogens is 4. The Kier molecular flexibility index (Phi) is 5.24. The van der Waals surface area contributed by atoms with E-state index in [-0.39, 0.29) is 5.56 Å². The molecule has 1 fully saturated rings. The van der Waals surface area contributed by atoms with Gasteiger partial charge in [-0.05, 0) is 42.0 Å². The van der Waals surface area contributed by atoms with Gasteiger partial charge in [-0.25, -0.2) is 0 Å². The molecule has 1 atom stereocenters. The first-order chi connectivity index (χ1) is 11.8. The van der Waals surface area contributed by atoms with Crippen molar-refractivity contribution in [2.24, 2.45) is 5.73 Å². The van der Waals surface area contributed by atoms with Crippen molar-refractivity contribution in [2.45, 2.75) is 12.2 Å². The molecule has 0 radical (unpaired) electrons. The summed E-state index contributed by atoms with van der Waals surface area (Å²) < 4.78 is 39.1. The van der Waals surface area contributed by atoms with Crippen molar-refractivity contribution in [2.75, 3.05) is 36.0 Å². The predicted molar refractivity (Wildman–Crippen MR) is 98.0 cm³/mol. The van der Waals surface area contributed by atoms with Crippen LogP contribution in [0.2, 0.25) is 0 Å². The van der Waals surface area contributed by atoms with Crippen LogP contribution in [-0.4, -0.2) is 32.4 Å². The van der Waals surface area contributed by atoms with Crippen LogP contribution < -0.4 is 15.5 Å². The number of nitrogens with two attached hydrogens (primary N) is 1. The van der Waals surface area contributed by atoms with Gasteiger partial charge in [0.05, 0.1) is 0 Å². The number of hydrogen-bond acceptors (Lipinski definition) is 3. The predicted octanol–water partition coefficient (Wildman–Crippen LogP) is 4.34. The third-order valence-electron chi connectivity index (χ3n) is 4.44. The molecular formula is C18H19BrF3N3. The largest absolute Gasteiger partial charge is 0.407 e. The van der Waals surface area contributed by atoms with Gasteiger partial charge in [0.1, 0.15) is 6.04 Å². The van der Waals surface area contributed by atoms with E-state index in [0.717, 1.165) is 36.3 Å². The Morgan fingerprint density at radius 3 is 1.60 bits per heavy atom. The molecule has 0 aromatic heterocycles. The molecular weight excluding hydrogens is 395 g/mol. The molecule has 134 valence electrons. The van der Waals surface area contributed by atoms with Gasteiger partial charge < -0.3 is 15.5 Å². The third-order valence-corrected chi connectivity index (χ3v) is 4.97. The zero-order valence-corrected chi connectivity index (χ0v) is 15.1. The molecule has 0 bridgehead atoms. The maximum absolute atomic E-state index is 12.7. The Balaban J connectivity index is 1.62. The molecule has 1 aliphatic heterocycles. The lowest BCUT2D eigenvalue weighted by Crippen LogP contribution is -2.46. The van der Waals surface area contributed by atoms with Crippen molar-refractivity contribution in [3.05, 3.63) is 58.6 Å². The summed E-state index contributed by atoms with van der Waals surface area (Å²) in [5.74, 6) is 0. The van der Waals surface area contributed by atoms with Crippen molar-refractivity contribution in [1.82, 2.24) is 0 Å². The van der Waals surface area contributed by atoms with E-state index >= 15 is 0 Å². The van der Waals surface area contributed by atoms with Crippen molar-refractivity contribution in [1.29, 1.82) is 0 Å². The number of rotatable bonds is 3. The normalized spacial score (nSPS) is 16.8. The van der Waals surface area contributed by atoms with Crippen LogP contribution in [0.5, 0.6) is 0 Å². The second-order valence-electron chi connectivity index (χ2n) is 6.06. The van der Waals surface area contributed by atoms with Gasteiger partial charge in [-0.2, -0.15) is 13.2 Å². The fourth-order valence-corrected chi connectivity index (χ4v) is 3.22. The number of nitrogens with zero attached hydrogens (tertiary/aromatic N) is 2.